The molecule has 82 valence electrons. The van der Waals surface area contributed by atoms with Gasteiger partial charge in [0, 0.05) is 24.5 Å². The van der Waals surface area contributed by atoms with Gasteiger partial charge in [-0.25, -0.2) is 4.98 Å². The topological polar surface area (TPSA) is 59.2 Å². The molecule has 0 saturated carbocycles. The van der Waals surface area contributed by atoms with Gasteiger partial charge >= 0.3 is 0 Å². The Hall–Kier alpha value is -0.940. The number of hydrogen-bond donors (Lipinski definition) is 1. The number of thiazole rings is 1. The van der Waals surface area contributed by atoms with Gasteiger partial charge in [-0.2, -0.15) is 0 Å². The highest BCUT2D eigenvalue weighted by Gasteiger charge is 2.33. The minimum absolute atomic E-state index is 0.0917. The zero-order valence-corrected chi connectivity index (χ0v) is 9.54. The maximum absolute atomic E-state index is 11.7. The van der Waals surface area contributed by atoms with Gasteiger partial charge in [0.05, 0.1) is 6.04 Å². The van der Waals surface area contributed by atoms with Crippen molar-refractivity contribution in [2.24, 2.45) is 11.7 Å². The van der Waals surface area contributed by atoms with Crippen LogP contribution in [-0.4, -0.2) is 28.9 Å². The molecule has 1 aromatic heterocycles. The maximum Gasteiger partial charge on any atom is 0.223 e. The zero-order chi connectivity index (χ0) is 10.8. The molecule has 2 N–H and O–H groups in total. The van der Waals surface area contributed by atoms with E-state index in [1.807, 2.05) is 17.2 Å². The first kappa shape index (κ1) is 10.6. The second-order valence-corrected chi connectivity index (χ2v) is 4.82. The van der Waals surface area contributed by atoms with Crippen molar-refractivity contribution in [1.82, 2.24) is 9.88 Å². The van der Waals surface area contributed by atoms with Gasteiger partial charge in [-0.15, -0.1) is 11.3 Å². The van der Waals surface area contributed by atoms with Gasteiger partial charge in [-0.1, -0.05) is 0 Å². The van der Waals surface area contributed by atoms with Crippen LogP contribution in [0.25, 0.3) is 0 Å². The lowest BCUT2D eigenvalue weighted by molar-refractivity contribution is -0.129. The van der Waals surface area contributed by atoms with E-state index in [0.717, 1.165) is 11.6 Å². The SMILES string of the molecule is CC(c1nccs1)N1CC(CN)CC1=O. The fourth-order valence-corrected chi connectivity index (χ4v) is 2.62. The molecule has 4 nitrogen and oxygen atoms in total. The van der Waals surface area contributed by atoms with Crippen molar-refractivity contribution in [3.05, 3.63) is 16.6 Å². The summed E-state index contributed by atoms with van der Waals surface area (Å²) in [5.41, 5.74) is 5.59. The van der Waals surface area contributed by atoms with Crippen LogP contribution in [-0.2, 0) is 4.79 Å². The van der Waals surface area contributed by atoms with Gasteiger partial charge in [0.2, 0.25) is 5.91 Å². The average molecular weight is 225 g/mol. The molecule has 1 aliphatic rings. The van der Waals surface area contributed by atoms with Crippen LogP contribution in [0.5, 0.6) is 0 Å². The quantitative estimate of drug-likeness (QED) is 0.835. The highest BCUT2D eigenvalue weighted by molar-refractivity contribution is 7.09. The van der Waals surface area contributed by atoms with Crippen molar-refractivity contribution >= 4 is 17.2 Å². The van der Waals surface area contributed by atoms with Gasteiger partial charge in [0.15, 0.2) is 0 Å². The Labute approximate surface area is 93.1 Å². The predicted octanol–water partition coefficient (Wildman–Crippen LogP) is 1.01. The summed E-state index contributed by atoms with van der Waals surface area (Å²) in [6.07, 6.45) is 2.36. The van der Waals surface area contributed by atoms with E-state index in [0.29, 0.717) is 18.9 Å². The van der Waals surface area contributed by atoms with Gasteiger partial charge in [-0.3, -0.25) is 4.79 Å². The molecular formula is C10H15N3OS. The van der Waals surface area contributed by atoms with E-state index < -0.39 is 0 Å². The number of amides is 1. The standard InChI is InChI=1S/C10H15N3OS/c1-7(10-12-2-3-15-10)13-6-8(5-11)4-9(13)14/h2-3,7-8H,4-6,11H2,1H3. The Morgan fingerprint density at radius 2 is 2.60 bits per heavy atom. The van der Waals surface area contributed by atoms with E-state index in [9.17, 15) is 4.79 Å². The van der Waals surface area contributed by atoms with Gasteiger partial charge in [-0.05, 0) is 19.4 Å². The van der Waals surface area contributed by atoms with Crippen LogP contribution in [0, 0.1) is 5.92 Å². The largest absolute Gasteiger partial charge is 0.333 e. The van der Waals surface area contributed by atoms with E-state index in [2.05, 4.69) is 4.98 Å². The molecule has 1 saturated heterocycles. The summed E-state index contributed by atoms with van der Waals surface area (Å²) in [5.74, 6) is 0.521. The maximum atomic E-state index is 11.7. The fraction of sp³-hybridized carbons (Fsp3) is 0.600. The highest BCUT2D eigenvalue weighted by atomic mass is 32.1. The first-order valence-electron chi connectivity index (χ1n) is 5.11. The first-order valence-corrected chi connectivity index (χ1v) is 5.99. The molecule has 0 aliphatic carbocycles. The minimum atomic E-state index is 0.0917. The summed E-state index contributed by atoms with van der Waals surface area (Å²) in [6.45, 7) is 3.39. The second kappa shape index (κ2) is 4.28. The molecule has 1 aliphatic heterocycles. The van der Waals surface area contributed by atoms with Crippen molar-refractivity contribution in [2.45, 2.75) is 19.4 Å². The summed E-state index contributed by atoms with van der Waals surface area (Å²) in [6, 6.07) is 0.0917. The van der Waals surface area contributed by atoms with Crippen molar-refractivity contribution in [3.8, 4) is 0 Å². The molecule has 1 fully saturated rings. The molecule has 0 spiro atoms. The molecule has 5 heteroatoms. The van der Waals surface area contributed by atoms with Crippen molar-refractivity contribution in [1.29, 1.82) is 0 Å². The summed E-state index contributed by atoms with van der Waals surface area (Å²) in [7, 11) is 0. The van der Waals surface area contributed by atoms with Gasteiger partial charge < -0.3 is 10.6 Å². The molecule has 2 heterocycles. The Morgan fingerprint density at radius 1 is 1.80 bits per heavy atom. The van der Waals surface area contributed by atoms with E-state index in [-0.39, 0.29) is 11.9 Å². The normalized spacial score (nSPS) is 23.5. The lowest BCUT2D eigenvalue weighted by Crippen LogP contribution is -2.29. The number of nitrogens with zero attached hydrogens (tertiary/aromatic N) is 2. The molecule has 1 aromatic rings. The third-order valence-electron chi connectivity index (χ3n) is 2.85. The van der Waals surface area contributed by atoms with Crippen LogP contribution < -0.4 is 5.73 Å². The van der Waals surface area contributed by atoms with E-state index in [1.54, 1.807) is 17.5 Å². The van der Waals surface area contributed by atoms with E-state index >= 15 is 0 Å². The molecule has 15 heavy (non-hydrogen) atoms. The molecule has 0 bridgehead atoms. The Balaban J connectivity index is 2.08. The number of carbonyl (C=O) groups is 1. The summed E-state index contributed by atoms with van der Waals surface area (Å²) in [5, 5.41) is 2.94. The van der Waals surface area contributed by atoms with E-state index in [1.165, 1.54) is 0 Å². The third kappa shape index (κ3) is 2.03. The number of nitrogens with two attached hydrogens (primary N) is 1. The Morgan fingerprint density at radius 3 is 3.13 bits per heavy atom. The summed E-state index contributed by atoms with van der Waals surface area (Å²) in [4.78, 5) is 17.9. The minimum Gasteiger partial charge on any atom is -0.333 e. The summed E-state index contributed by atoms with van der Waals surface area (Å²) < 4.78 is 0. The number of hydrogen-bond acceptors (Lipinski definition) is 4. The first-order chi connectivity index (χ1) is 7.22. The summed E-state index contributed by atoms with van der Waals surface area (Å²) >= 11 is 1.59. The Bertz CT molecular complexity index is 338. The number of carbonyl (C=O) groups excluding carboxylic acids is 1. The van der Waals surface area contributed by atoms with Crippen LogP contribution >= 0.6 is 11.3 Å². The lowest BCUT2D eigenvalue weighted by atomic mass is 10.1. The van der Waals surface area contributed by atoms with Crippen LogP contribution in [0.15, 0.2) is 11.6 Å². The molecular weight excluding hydrogens is 210 g/mol. The number of aromatic nitrogens is 1. The third-order valence-corrected chi connectivity index (χ3v) is 3.79. The molecule has 2 rings (SSSR count). The average Bonchev–Trinajstić information content (AvgIpc) is 2.85. The molecule has 2 atom stereocenters. The van der Waals surface area contributed by atoms with Gasteiger partial charge in [0.1, 0.15) is 5.01 Å². The monoisotopic (exact) mass is 225 g/mol. The Kier molecular flexibility index (Phi) is 3.02. The smallest absolute Gasteiger partial charge is 0.223 e. The van der Waals surface area contributed by atoms with Crippen LogP contribution in [0.4, 0.5) is 0 Å². The molecule has 2 unspecified atom stereocenters. The molecule has 0 radical (unpaired) electrons. The van der Waals surface area contributed by atoms with Crippen LogP contribution in [0.3, 0.4) is 0 Å². The number of rotatable bonds is 3. The van der Waals surface area contributed by atoms with Crippen molar-refractivity contribution in [3.63, 3.8) is 0 Å². The van der Waals surface area contributed by atoms with Crippen LogP contribution in [0.2, 0.25) is 0 Å². The van der Waals surface area contributed by atoms with Gasteiger partial charge in [0.25, 0.3) is 0 Å². The number of likely N-dealkylation sites (tertiary alicyclic amines) is 1. The highest BCUT2D eigenvalue weighted by Crippen LogP contribution is 2.28. The lowest BCUT2D eigenvalue weighted by Gasteiger charge is -2.22. The fourth-order valence-electron chi connectivity index (χ4n) is 1.91. The van der Waals surface area contributed by atoms with E-state index in [4.69, 9.17) is 5.73 Å². The predicted molar refractivity (Wildman–Crippen MR) is 59.4 cm³/mol. The molecule has 1 amide bonds. The second-order valence-electron chi connectivity index (χ2n) is 3.90. The van der Waals surface area contributed by atoms with Crippen LogP contribution in [0.1, 0.15) is 24.4 Å². The van der Waals surface area contributed by atoms with Crippen molar-refractivity contribution < 1.29 is 4.79 Å². The zero-order valence-electron chi connectivity index (χ0n) is 8.72. The van der Waals surface area contributed by atoms with Crippen molar-refractivity contribution in [2.75, 3.05) is 13.1 Å². The molecule has 0 aromatic carbocycles.